The third-order valence-corrected chi connectivity index (χ3v) is 2.84. The Kier molecular flexibility index (Phi) is 4.90. The van der Waals surface area contributed by atoms with Gasteiger partial charge in [0, 0.05) is 19.1 Å². The van der Waals surface area contributed by atoms with E-state index in [-0.39, 0.29) is 13.0 Å². The topological polar surface area (TPSA) is 60.8 Å². The SMILES string of the molecule is O=C(O)CCN(CCO)C1CCCC1. The Bertz CT molecular complexity index is 178. The highest BCUT2D eigenvalue weighted by molar-refractivity contribution is 5.66. The summed E-state index contributed by atoms with van der Waals surface area (Å²) in [6, 6.07) is 0.501. The molecule has 4 heteroatoms. The van der Waals surface area contributed by atoms with Crippen LogP contribution in [0.5, 0.6) is 0 Å². The first-order valence-electron chi connectivity index (χ1n) is 5.30. The minimum Gasteiger partial charge on any atom is -0.481 e. The number of carboxylic acids is 1. The summed E-state index contributed by atoms with van der Waals surface area (Å²) < 4.78 is 0. The fourth-order valence-electron chi connectivity index (χ4n) is 2.11. The summed E-state index contributed by atoms with van der Waals surface area (Å²) in [5, 5.41) is 17.5. The van der Waals surface area contributed by atoms with Crippen LogP contribution < -0.4 is 0 Å². The third-order valence-electron chi connectivity index (χ3n) is 2.84. The average Bonchev–Trinajstić information content (AvgIpc) is 2.64. The molecule has 1 aliphatic rings. The zero-order valence-corrected chi connectivity index (χ0v) is 8.48. The minimum absolute atomic E-state index is 0.121. The molecule has 0 spiro atoms. The molecule has 0 aromatic rings. The molecular formula is C10H19NO3. The van der Waals surface area contributed by atoms with Crippen LogP contribution in [0.25, 0.3) is 0 Å². The zero-order valence-electron chi connectivity index (χ0n) is 8.48. The van der Waals surface area contributed by atoms with Crippen molar-refractivity contribution < 1.29 is 15.0 Å². The van der Waals surface area contributed by atoms with Crippen LogP contribution in [0, 0.1) is 0 Å². The van der Waals surface area contributed by atoms with E-state index in [0.29, 0.717) is 19.1 Å². The highest BCUT2D eigenvalue weighted by Crippen LogP contribution is 2.23. The second-order valence-electron chi connectivity index (χ2n) is 3.84. The van der Waals surface area contributed by atoms with Gasteiger partial charge in [-0.05, 0) is 12.8 Å². The van der Waals surface area contributed by atoms with E-state index in [1.807, 2.05) is 0 Å². The molecule has 0 amide bonds. The summed E-state index contributed by atoms with van der Waals surface area (Å²) >= 11 is 0. The van der Waals surface area contributed by atoms with E-state index in [4.69, 9.17) is 10.2 Å². The van der Waals surface area contributed by atoms with Gasteiger partial charge < -0.3 is 10.2 Å². The van der Waals surface area contributed by atoms with E-state index in [0.717, 1.165) is 12.8 Å². The average molecular weight is 201 g/mol. The Balaban J connectivity index is 2.33. The highest BCUT2D eigenvalue weighted by Gasteiger charge is 2.22. The van der Waals surface area contributed by atoms with Crippen molar-refractivity contribution >= 4 is 5.97 Å². The summed E-state index contributed by atoms with van der Waals surface area (Å²) in [5.74, 6) is -0.758. The normalized spacial score (nSPS) is 17.9. The lowest BCUT2D eigenvalue weighted by atomic mass is 10.2. The number of carboxylic acid groups (broad SMARTS) is 1. The molecule has 0 saturated heterocycles. The van der Waals surface area contributed by atoms with Crippen LogP contribution in [-0.2, 0) is 4.79 Å². The highest BCUT2D eigenvalue weighted by atomic mass is 16.4. The fourth-order valence-corrected chi connectivity index (χ4v) is 2.11. The van der Waals surface area contributed by atoms with Crippen molar-refractivity contribution in [2.45, 2.75) is 38.1 Å². The maximum absolute atomic E-state index is 10.4. The number of aliphatic carboxylic acids is 1. The molecule has 0 unspecified atom stereocenters. The summed E-state index contributed by atoms with van der Waals surface area (Å²) in [6.07, 6.45) is 4.95. The minimum atomic E-state index is -0.758. The first kappa shape index (κ1) is 11.5. The number of aliphatic hydroxyl groups excluding tert-OH is 1. The Morgan fingerprint density at radius 1 is 1.29 bits per heavy atom. The van der Waals surface area contributed by atoms with Crippen molar-refractivity contribution in [1.29, 1.82) is 0 Å². The number of nitrogens with zero attached hydrogens (tertiary/aromatic N) is 1. The number of hydrogen-bond donors (Lipinski definition) is 2. The summed E-state index contributed by atoms with van der Waals surface area (Å²) in [6.45, 7) is 1.30. The van der Waals surface area contributed by atoms with Crippen LogP contribution in [-0.4, -0.2) is 46.8 Å². The molecule has 1 rings (SSSR count). The zero-order chi connectivity index (χ0) is 10.4. The molecule has 1 fully saturated rings. The predicted molar refractivity (Wildman–Crippen MR) is 53.2 cm³/mol. The molecule has 0 aromatic carbocycles. The van der Waals surface area contributed by atoms with Crippen molar-refractivity contribution in [2.24, 2.45) is 0 Å². The van der Waals surface area contributed by atoms with Gasteiger partial charge in [0.15, 0.2) is 0 Å². The van der Waals surface area contributed by atoms with Gasteiger partial charge in [0.25, 0.3) is 0 Å². The summed E-state index contributed by atoms with van der Waals surface area (Å²) in [5.41, 5.74) is 0. The molecule has 0 aliphatic heterocycles. The van der Waals surface area contributed by atoms with E-state index >= 15 is 0 Å². The molecule has 0 aromatic heterocycles. The number of hydrogen-bond acceptors (Lipinski definition) is 3. The first-order chi connectivity index (χ1) is 6.74. The standard InChI is InChI=1S/C10H19NO3/c12-8-7-11(6-5-10(13)14)9-3-1-2-4-9/h9,12H,1-8H2,(H,13,14). The van der Waals surface area contributed by atoms with E-state index < -0.39 is 5.97 Å². The number of carbonyl (C=O) groups is 1. The second kappa shape index (κ2) is 5.98. The van der Waals surface area contributed by atoms with Crippen molar-refractivity contribution in [1.82, 2.24) is 4.90 Å². The van der Waals surface area contributed by atoms with Crippen LogP contribution in [0.15, 0.2) is 0 Å². The lowest BCUT2D eigenvalue weighted by Crippen LogP contribution is -2.37. The number of aliphatic hydroxyl groups is 1. The van der Waals surface area contributed by atoms with Gasteiger partial charge in [0.2, 0.25) is 0 Å². The van der Waals surface area contributed by atoms with Gasteiger partial charge in [-0.3, -0.25) is 9.69 Å². The molecule has 1 aliphatic carbocycles. The largest absolute Gasteiger partial charge is 0.481 e. The summed E-state index contributed by atoms with van der Waals surface area (Å²) in [7, 11) is 0. The maximum Gasteiger partial charge on any atom is 0.304 e. The van der Waals surface area contributed by atoms with Crippen molar-refractivity contribution in [3.05, 3.63) is 0 Å². The van der Waals surface area contributed by atoms with Crippen LogP contribution >= 0.6 is 0 Å². The maximum atomic E-state index is 10.4. The second-order valence-corrected chi connectivity index (χ2v) is 3.84. The molecule has 0 heterocycles. The first-order valence-corrected chi connectivity index (χ1v) is 5.30. The van der Waals surface area contributed by atoms with Gasteiger partial charge in [-0.25, -0.2) is 0 Å². The molecule has 82 valence electrons. The summed E-state index contributed by atoms with van der Waals surface area (Å²) in [4.78, 5) is 12.5. The van der Waals surface area contributed by atoms with Crippen molar-refractivity contribution in [2.75, 3.05) is 19.7 Å². The van der Waals surface area contributed by atoms with E-state index in [1.54, 1.807) is 0 Å². The molecule has 1 saturated carbocycles. The Morgan fingerprint density at radius 2 is 1.93 bits per heavy atom. The van der Waals surface area contributed by atoms with Gasteiger partial charge in [-0.2, -0.15) is 0 Å². The Hall–Kier alpha value is -0.610. The van der Waals surface area contributed by atoms with Gasteiger partial charge in [0.05, 0.1) is 13.0 Å². The molecule has 0 atom stereocenters. The molecular weight excluding hydrogens is 182 g/mol. The molecule has 0 radical (unpaired) electrons. The quantitative estimate of drug-likeness (QED) is 0.664. The van der Waals surface area contributed by atoms with E-state index in [9.17, 15) is 4.79 Å². The molecule has 2 N–H and O–H groups in total. The molecule has 0 bridgehead atoms. The van der Waals surface area contributed by atoms with E-state index in [2.05, 4.69) is 4.90 Å². The van der Waals surface area contributed by atoms with Gasteiger partial charge in [-0.1, -0.05) is 12.8 Å². The molecule has 14 heavy (non-hydrogen) atoms. The lowest BCUT2D eigenvalue weighted by molar-refractivity contribution is -0.137. The Morgan fingerprint density at radius 3 is 2.43 bits per heavy atom. The van der Waals surface area contributed by atoms with Gasteiger partial charge >= 0.3 is 5.97 Å². The Labute approximate surface area is 84.5 Å². The number of rotatable bonds is 6. The fraction of sp³-hybridized carbons (Fsp3) is 0.900. The lowest BCUT2D eigenvalue weighted by Gasteiger charge is -2.27. The van der Waals surface area contributed by atoms with Crippen LogP contribution in [0.4, 0.5) is 0 Å². The van der Waals surface area contributed by atoms with Crippen molar-refractivity contribution in [3.8, 4) is 0 Å². The van der Waals surface area contributed by atoms with Gasteiger partial charge in [0.1, 0.15) is 0 Å². The monoisotopic (exact) mass is 201 g/mol. The van der Waals surface area contributed by atoms with Crippen molar-refractivity contribution in [3.63, 3.8) is 0 Å². The van der Waals surface area contributed by atoms with Crippen LogP contribution in [0.1, 0.15) is 32.1 Å². The van der Waals surface area contributed by atoms with Gasteiger partial charge in [-0.15, -0.1) is 0 Å². The van der Waals surface area contributed by atoms with Crippen LogP contribution in [0.2, 0.25) is 0 Å². The van der Waals surface area contributed by atoms with E-state index in [1.165, 1.54) is 12.8 Å². The smallest absolute Gasteiger partial charge is 0.304 e. The predicted octanol–water partition coefficient (Wildman–Crippen LogP) is 0.698. The third kappa shape index (κ3) is 3.64. The van der Waals surface area contributed by atoms with Crippen LogP contribution in [0.3, 0.4) is 0 Å². The molecule has 4 nitrogen and oxygen atoms in total.